The summed E-state index contributed by atoms with van der Waals surface area (Å²) in [7, 11) is 1.76. The van der Waals surface area contributed by atoms with Crippen LogP contribution in [-0.4, -0.2) is 31.0 Å². The van der Waals surface area contributed by atoms with Crippen LogP contribution in [0, 0.1) is 11.8 Å². The molecule has 5 heteroatoms. The first-order chi connectivity index (χ1) is 11.8. The second-order valence-electron chi connectivity index (χ2n) is 7.25. The lowest BCUT2D eigenvalue weighted by Crippen LogP contribution is -2.50. The molecule has 2 atom stereocenters. The number of benzene rings is 1. The number of nitrogens with one attached hydrogen (secondary N) is 2. The van der Waals surface area contributed by atoms with Crippen LogP contribution in [0.2, 0.25) is 0 Å². The van der Waals surface area contributed by atoms with Crippen LogP contribution < -0.4 is 10.6 Å². The summed E-state index contributed by atoms with van der Waals surface area (Å²) in [6.07, 6.45) is 1.27. The number of rotatable bonds is 10. The van der Waals surface area contributed by atoms with Crippen molar-refractivity contribution < 1.29 is 14.3 Å². The van der Waals surface area contributed by atoms with Gasteiger partial charge in [-0.2, -0.15) is 0 Å². The fourth-order valence-corrected chi connectivity index (χ4v) is 2.61. The Morgan fingerprint density at radius 1 is 0.960 bits per heavy atom. The van der Waals surface area contributed by atoms with E-state index in [0.717, 1.165) is 12.0 Å². The fourth-order valence-electron chi connectivity index (χ4n) is 2.61. The monoisotopic (exact) mass is 348 g/mol. The molecule has 0 spiro atoms. The first-order valence-corrected chi connectivity index (χ1v) is 9.01. The zero-order valence-electron chi connectivity index (χ0n) is 16.0. The van der Waals surface area contributed by atoms with Gasteiger partial charge in [-0.1, -0.05) is 58.0 Å². The average molecular weight is 348 g/mol. The maximum absolute atomic E-state index is 12.5. The number of carbonyl (C=O) groups is 2. The van der Waals surface area contributed by atoms with Gasteiger partial charge in [0.15, 0.2) is 0 Å². The van der Waals surface area contributed by atoms with E-state index in [-0.39, 0.29) is 30.4 Å². The highest BCUT2D eigenvalue weighted by atomic mass is 16.5. The molecule has 25 heavy (non-hydrogen) atoms. The predicted molar refractivity (Wildman–Crippen MR) is 99.9 cm³/mol. The first kappa shape index (κ1) is 21.2. The Balaban J connectivity index is 2.68. The van der Waals surface area contributed by atoms with E-state index in [1.165, 1.54) is 0 Å². The second-order valence-corrected chi connectivity index (χ2v) is 7.25. The molecular formula is C20H32N2O3. The topological polar surface area (TPSA) is 67.4 Å². The molecule has 1 amide bonds. The van der Waals surface area contributed by atoms with E-state index in [9.17, 15) is 9.59 Å². The van der Waals surface area contributed by atoms with Crippen molar-refractivity contribution in [3.8, 4) is 0 Å². The van der Waals surface area contributed by atoms with Crippen LogP contribution in [0.25, 0.3) is 0 Å². The van der Waals surface area contributed by atoms with Crippen molar-refractivity contribution >= 4 is 11.9 Å². The highest BCUT2D eigenvalue weighted by Crippen LogP contribution is 2.10. The summed E-state index contributed by atoms with van der Waals surface area (Å²) in [4.78, 5) is 25.0. The average Bonchev–Trinajstić information content (AvgIpc) is 2.57. The second kappa shape index (κ2) is 10.9. The van der Waals surface area contributed by atoms with E-state index < -0.39 is 6.04 Å². The summed E-state index contributed by atoms with van der Waals surface area (Å²) in [5.41, 5.74) is 0.929. The van der Waals surface area contributed by atoms with Gasteiger partial charge in [0.25, 0.3) is 0 Å². The number of esters is 1. The number of hydrogen-bond donors (Lipinski definition) is 2. The van der Waals surface area contributed by atoms with Crippen LogP contribution >= 0.6 is 0 Å². The minimum Gasteiger partial charge on any atom is -0.459 e. The predicted octanol–water partition coefficient (Wildman–Crippen LogP) is 2.89. The molecule has 0 aliphatic carbocycles. The van der Waals surface area contributed by atoms with Crippen molar-refractivity contribution in [2.45, 2.75) is 59.2 Å². The minimum atomic E-state index is -0.626. The van der Waals surface area contributed by atoms with Gasteiger partial charge >= 0.3 is 5.97 Å². The highest BCUT2D eigenvalue weighted by Gasteiger charge is 2.27. The molecule has 0 aliphatic rings. The lowest BCUT2D eigenvalue weighted by Gasteiger charge is -2.23. The van der Waals surface area contributed by atoms with Crippen molar-refractivity contribution in [3.05, 3.63) is 35.9 Å². The zero-order chi connectivity index (χ0) is 18.8. The Hall–Kier alpha value is -1.88. The third-order valence-corrected chi connectivity index (χ3v) is 3.90. The Bertz CT molecular complexity index is 529. The quantitative estimate of drug-likeness (QED) is 0.638. The van der Waals surface area contributed by atoms with E-state index in [1.807, 2.05) is 44.2 Å². The molecule has 0 unspecified atom stereocenters. The molecule has 0 saturated heterocycles. The standard InChI is InChI=1S/C20H32N2O3/c1-14(2)11-17(21-5)19(23)22-18(12-15(3)4)20(24)25-13-16-9-7-6-8-10-16/h6-10,14-15,17-18,21H,11-13H2,1-5H3,(H,22,23)/t17-,18+/m1/s1. The number of amides is 1. The number of ether oxygens (including phenoxy) is 1. The molecule has 1 aromatic rings. The fraction of sp³-hybridized carbons (Fsp3) is 0.600. The first-order valence-electron chi connectivity index (χ1n) is 9.01. The largest absolute Gasteiger partial charge is 0.459 e. The Labute approximate surface area is 151 Å². The van der Waals surface area contributed by atoms with Gasteiger partial charge in [-0.05, 0) is 37.3 Å². The molecule has 0 saturated carbocycles. The van der Waals surface area contributed by atoms with E-state index in [1.54, 1.807) is 7.05 Å². The van der Waals surface area contributed by atoms with Crippen LogP contribution in [0.4, 0.5) is 0 Å². The Kier molecular flexibility index (Phi) is 9.21. The summed E-state index contributed by atoms with van der Waals surface area (Å²) in [6, 6.07) is 8.60. The molecule has 0 aromatic heterocycles. The summed E-state index contributed by atoms with van der Waals surface area (Å²) in [5.74, 6) is 0.119. The van der Waals surface area contributed by atoms with Crippen molar-refractivity contribution in [1.29, 1.82) is 0 Å². The summed E-state index contributed by atoms with van der Waals surface area (Å²) in [6.45, 7) is 8.39. The molecule has 5 nitrogen and oxygen atoms in total. The van der Waals surface area contributed by atoms with Gasteiger partial charge in [0, 0.05) is 0 Å². The molecule has 0 heterocycles. The van der Waals surface area contributed by atoms with E-state index >= 15 is 0 Å². The van der Waals surface area contributed by atoms with Crippen molar-refractivity contribution in [3.63, 3.8) is 0 Å². The van der Waals surface area contributed by atoms with E-state index in [2.05, 4.69) is 24.5 Å². The normalized spacial score (nSPS) is 13.6. The molecule has 140 valence electrons. The number of carbonyl (C=O) groups excluding carboxylic acids is 2. The van der Waals surface area contributed by atoms with Crippen LogP contribution in [0.3, 0.4) is 0 Å². The van der Waals surface area contributed by atoms with Gasteiger partial charge < -0.3 is 15.4 Å². The van der Waals surface area contributed by atoms with Crippen LogP contribution in [0.15, 0.2) is 30.3 Å². The lowest BCUT2D eigenvalue weighted by molar-refractivity contribution is -0.149. The zero-order valence-corrected chi connectivity index (χ0v) is 16.0. The van der Waals surface area contributed by atoms with Gasteiger partial charge in [-0.3, -0.25) is 4.79 Å². The van der Waals surface area contributed by atoms with Gasteiger partial charge in [-0.15, -0.1) is 0 Å². The number of hydrogen-bond acceptors (Lipinski definition) is 4. The Morgan fingerprint density at radius 3 is 2.04 bits per heavy atom. The van der Waals surface area contributed by atoms with Crippen molar-refractivity contribution in [2.24, 2.45) is 11.8 Å². The third-order valence-electron chi connectivity index (χ3n) is 3.90. The van der Waals surface area contributed by atoms with E-state index in [0.29, 0.717) is 12.3 Å². The van der Waals surface area contributed by atoms with E-state index in [4.69, 9.17) is 4.74 Å². The van der Waals surface area contributed by atoms with Crippen LogP contribution in [0.5, 0.6) is 0 Å². The van der Waals surface area contributed by atoms with Crippen molar-refractivity contribution in [1.82, 2.24) is 10.6 Å². The molecule has 1 aromatic carbocycles. The summed E-state index contributed by atoms with van der Waals surface area (Å²) in [5, 5.41) is 5.89. The maximum Gasteiger partial charge on any atom is 0.328 e. The van der Waals surface area contributed by atoms with Crippen molar-refractivity contribution in [2.75, 3.05) is 7.05 Å². The summed E-state index contributed by atoms with van der Waals surface area (Å²) < 4.78 is 5.41. The van der Waals surface area contributed by atoms with Gasteiger partial charge in [0.1, 0.15) is 12.6 Å². The molecule has 2 N–H and O–H groups in total. The van der Waals surface area contributed by atoms with Gasteiger partial charge in [-0.25, -0.2) is 4.79 Å². The van der Waals surface area contributed by atoms with Crippen LogP contribution in [-0.2, 0) is 20.9 Å². The van der Waals surface area contributed by atoms with Crippen LogP contribution in [0.1, 0.15) is 46.1 Å². The molecular weight excluding hydrogens is 316 g/mol. The maximum atomic E-state index is 12.5. The number of likely N-dealkylation sites (N-methyl/N-ethyl adjacent to an activating group) is 1. The molecule has 1 rings (SSSR count). The smallest absolute Gasteiger partial charge is 0.328 e. The molecule has 0 aliphatic heterocycles. The Morgan fingerprint density at radius 2 is 1.52 bits per heavy atom. The van der Waals surface area contributed by atoms with Gasteiger partial charge in [0.05, 0.1) is 6.04 Å². The lowest BCUT2D eigenvalue weighted by atomic mass is 10.0. The molecule has 0 fully saturated rings. The highest BCUT2D eigenvalue weighted by molar-refractivity contribution is 5.87. The SMILES string of the molecule is CN[C@H](CC(C)C)C(=O)N[C@@H](CC(C)C)C(=O)OCc1ccccc1. The third kappa shape index (κ3) is 8.16. The van der Waals surface area contributed by atoms with Gasteiger partial charge in [0.2, 0.25) is 5.91 Å². The molecule has 0 bridgehead atoms. The summed E-state index contributed by atoms with van der Waals surface area (Å²) >= 11 is 0. The molecule has 0 radical (unpaired) electrons. The minimum absolute atomic E-state index is 0.154.